The fourth-order valence-electron chi connectivity index (χ4n) is 2.97. The Hall–Kier alpha value is -2.17. The van der Waals surface area contributed by atoms with Gasteiger partial charge in [0, 0.05) is 17.9 Å². The highest BCUT2D eigenvalue weighted by Crippen LogP contribution is 2.31. The van der Waals surface area contributed by atoms with Crippen molar-refractivity contribution in [3.8, 4) is 5.75 Å². The summed E-state index contributed by atoms with van der Waals surface area (Å²) in [4.78, 5) is 11.5. The van der Waals surface area contributed by atoms with Crippen molar-refractivity contribution in [3.63, 3.8) is 0 Å². The van der Waals surface area contributed by atoms with Crippen LogP contribution in [0, 0.1) is 0 Å². The normalized spacial score (nSPS) is 28.3. The van der Waals surface area contributed by atoms with Gasteiger partial charge in [-0.15, -0.1) is 0 Å². The summed E-state index contributed by atoms with van der Waals surface area (Å²) in [7, 11) is 1.30. The van der Waals surface area contributed by atoms with Gasteiger partial charge in [0.15, 0.2) is 0 Å². The number of carbonyl (C=O) groups excluding carboxylic acids is 1. The molecule has 0 spiro atoms. The molecule has 1 aliphatic heterocycles. The number of benzene rings is 1. The number of esters is 1. The van der Waals surface area contributed by atoms with Gasteiger partial charge >= 0.3 is 5.97 Å². The summed E-state index contributed by atoms with van der Waals surface area (Å²) in [6.07, 6.45) is -5.05. The minimum atomic E-state index is -1.55. The number of aryl methyl sites for hydroxylation is 1. The lowest BCUT2D eigenvalue weighted by Crippen LogP contribution is -2.60. The predicted molar refractivity (Wildman–Crippen MR) is 90.9 cm³/mol. The van der Waals surface area contributed by atoms with Gasteiger partial charge in [0.2, 0.25) is 6.29 Å². The van der Waals surface area contributed by atoms with E-state index in [0.717, 1.165) is 5.39 Å². The highest BCUT2D eigenvalue weighted by atomic mass is 16.7. The quantitative estimate of drug-likeness (QED) is 0.497. The minimum Gasteiger partial charge on any atom is -0.469 e. The number of aliphatic hydroxyl groups excluding tert-OH is 4. The van der Waals surface area contributed by atoms with Crippen LogP contribution >= 0.6 is 0 Å². The van der Waals surface area contributed by atoms with Crippen molar-refractivity contribution in [1.29, 1.82) is 0 Å². The summed E-state index contributed by atoms with van der Waals surface area (Å²) in [5.41, 5.74) is 1.17. The number of fused-ring (bicyclic) bond motifs is 1. The van der Waals surface area contributed by atoms with Gasteiger partial charge in [-0.25, -0.2) is 0 Å². The largest absolute Gasteiger partial charge is 0.469 e. The zero-order chi connectivity index (χ0) is 19.6. The van der Waals surface area contributed by atoms with E-state index in [0.29, 0.717) is 17.6 Å². The molecule has 2 aromatic rings. The van der Waals surface area contributed by atoms with Gasteiger partial charge in [0.1, 0.15) is 35.7 Å². The maximum absolute atomic E-state index is 11.5. The molecule has 0 bridgehead atoms. The molecular formula is C18H22O9. The van der Waals surface area contributed by atoms with Crippen molar-refractivity contribution in [2.24, 2.45) is 0 Å². The highest BCUT2D eigenvalue weighted by molar-refractivity contribution is 5.80. The highest BCUT2D eigenvalue weighted by Gasteiger charge is 2.44. The standard InChI is InChI=1S/C18H22O9/c1-24-14(20)3-2-9-6-10-4-5-25-11(10)7-12(9)26-18-17(23)16(22)15(21)13(8-19)27-18/h4-7,13,15-19,21-23H,2-3,8H2,1H3/t13-,15-,16+,17-,18-/m1/s1. The molecule has 5 atom stereocenters. The Kier molecular flexibility index (Phi) is 5.98. The summed E-state index contributed by atoms with van der Waals surface area (Å²) < 4.78 is 21.1. The first-order chi connectivity index (χ1) is 12.9. The third-order valence-corrected chi connectivity index (χ3v) is 4.55. The molecule has 1 fully saturated rings. The predicted octanol–water partition coefficient (Wildman–Crippen LogP) is -0.283. The lowest BCUT2D eigenvalue weighted by Gasteiger charge is -2.39. The zero-order valence-electron chi connectivity index (χ0n) is 14.6. The number of methoxy groups -OCH3 is 1. The Bertz CT molecular complexity index is 784. The molecule has 0 aliphatic carbocycles. The van der Waals surface area contributed by atoms with E-state index in [2.05, 4.69) is 4.74 Å². The summed E-state index contributed by atoms with van der Waals surface area (Å²) in [5, 5.41) is 40.0. The van der Waals surface area contributed by atoms with E-state index < -0.39 is 37.3 Å². The van der Waals surface area contributed by atoms with Crippen molar-refractivity contribution in [3.05, 3.63) is 30.0 Å². The van der Waals surface area contributed by atoms with Crippen LogP contribution in [0.5, 0.6) is 5.75 Å². The van der Waals surface area contributed by atoms with E-state index >= 15 is 0 Å². The minimum absolute atomic E-state index is 0.116. The molecule has 0 unspecified atom stereocenters. The molecule has 9 nitrogen and oxygen atoms in total. The topological polar surface area (TPSA) is 139 Å². The van der Waals surface area contributed by atoms with E-state index in [1.54, 1.807) is 18.2 Å². The first-order valence-electron chi connectivity index (χ1n) is 8.48. The Labute approximate surface area is 154 Å². The molecule has 1 saturated heterocycles. The molecule has 148 valence electrons. The van der Waals surface area contributed by atoms with E-state index in [1.807, 2.05) is 0 Å². The molecular weight excluding hydrogens is 360 g/mol. The van der Waals surface area contributed by atoms with Crippen LogP contribution in [0.15, 0.2) is 28.9 Å². The summed E-state index contributed by atoms with van der Waals surface area (Å²) >= 11 is 0. The second-order valence-electron chi connectivity index (χ2n) is 6.31. The second-order valence-corrected chi connectivity index (χ2v) is 6.31. The van der Waals surface area contributed by atoms with E-state index in [4.69, 9.17) is 13.9 Å². The maximum Gasteiger partial charge on any atom is 0.305 e. The average Bonchev–Trinajstić information content (AvgIpc) is 3.13. The van der Waals surface area contributed by atoms with Gasteiger partial charge in [-0.3, -0.25) is 4.79 Å². The van der Waals surface area contributed by atoms with E-state index in [9.17, 15) is 25.2 Å². The number of ether oxygens (including phenoxy) is 3. The van der Waals surface area contributed by atoms with Crippen molar-refractivity contribution in [1.82, 2.24) is 0 Å². The van der Waals surface area contributed by atoms with Crippen LogP contribution < -0.4 is 4.74 Å². The number of rotatable bonds is 6. The molecule has 0 amide bonds. The molecule has 1 aromatic carbocycles. The molecule has 27 heavy (non-hydrogen) atoms. The molecule has 4 N–H and O–H groups in total. The molecule has 3 rings (SSSR count). The Morgan fingerprint density at radius 2 is 1.96 bits per heavy atom. The van der Waals surface area contributed by atoms with Gasteiger partial charge in [-0.1, -0.05) is 0 Å². The fourth-order valence-corrected chi connectivity index (χ4v) is 2.97. The lowest BCUT2D eigenvalue weighted by atomic mass is 9.99. The van der Waals surface area contributed by atoms with Crippen molar-refractivity contribution >= 4 is 16.9 Å². The van der Waals surface area contributed by atoms with Gasteiger partial charge < -0.3 is 39.1 Å². The van der Waals surface area contributed by atoms with Crippen LogP contribution in [0.3, 0.4) is 0 Å². The molecule has 0 saturated carbocycles. The van der Waals surface area contributed by atoms with Crippen LogP contribution in [0.2, 0.25) is 0 Å². The van der Waals surface area contributed by atoms with Crippen LogP contribution in [0.4, 0.5) is 0 Å². The van der Waals surface area contributed by atoms with Crippen molar-refractivity contribution in [2.45, 2.75) is 43.5 Å². The number of aliphatic hydroxyl groups is 4. The van der Waals surface area contributed by atoms with Gasteiger partial charge in [0.05, 0.1) is 20.0 Å². The number of furan rings is 1. The number of carbonyl (C=O) groups is 1. The van der Waals surface area contributed by atoms with Gasteiger partial charge in [-0.2, -0.15) is 0 Å². The molecule has 9 heteroatoms. The maximum atomic E-state index is 11.5. The zero-order valence-corrected chi connectivity index (χ0v) is 14.6. The smallest absolute Gasteiger partial charge is 0.305 e. The fraction of sp³-hybridized carbons (Fsp3) is 0.500. The second kappa shape index (κ2) is 8.24. The van der Waals surface area contributed by atoms with Crippen LogP contribution in [-0.2, 0) is 20.7 Å². The monoisotopic (exact) mass is 382 g/mol. The van der Waals surface area contributed by atoms with Crippen LogP contribution in [-0.4, -0.2) is 70.8 Å². The summed E-state index contributed by atoms with van der Waals surface area (Å²) in [6.45, 7) is -0.558. The molecule has 0 radical (unpaired) electrons. The summed E-state index contributed by atoms with van der Waals surface area (Å²) in [5.74, 6) is -0.105. The van der Waals surface area contributed by atoms with Crippen LogP contribution in [0.1, 0.15) is 12.0 Å². The van der Waals surface area contributed by atoms with E-state index in [-0.39, 0.29) is 18.1 Å². The van der Waals surface area contributed by atoms with Crippen molar-refractivity contribution < 1.29 is 43.8 Å². The van der Waals surface area contributed by atoms with Gasteiger partial charge in [0.25, 0.3) is 0 Å². The van der Waals surface area contributed by atoms with E-state index in [1.165, 1.54) is 13.4 Å². The van der Waals surface area contributed by atoms with Gasteiger partial charge in [-0.05, 0) is 24.1 Å². The SMILES string of the molecule is COC(=O)CCc1cc2ccoc2cc1O[C@@H]1O[C@H](CO)[C@@H](O)[C@H](O)[C@H]1O. The average molecular weight is 382 g/mol. The molecule has 2 heterocycles. The first-order valence-corrected chi connectivity index (χ1v) is 8.48. The number of hydrogen-bond donors (Lipinski definition) is 4. The third-order valence-electron chi connectivity index (χ3n) is 4.55. The number of hydrogen-bond acceptors (Lipinski definition) is 9. The van der Waals surface area contributed by atoms with Crippen LogP contribution in [0.25, 0.3) is 11.0 Å². The Morgan fingerprint density at radius 1 is 1.19 bits per heavy atom. The Balaban J connectivity index is 1.86. The summed E-state index contributed by atoms with van der Waals surface area (Å²) in [6, 6.07) is 5.12. The molecule has 1 aromatic heterocycles. The molecule has 1 aliphatic rings. The first kappa shape index (κ1) is 19.6. The lowest BCUT2D eigenvalue weighted by molar-refractivity contribution is -0.277. The van der Waals surface area contributed by atoms with Crippen molar-refractivity contribution in [2.75, 3.05) is 13.7 Å². The Morgan fingerprint density at radius 3 is 2.67 bits per heavy atom. The third kappa shape index (κ3) is 4.07.